The first-order valence-electron chi connectivity index (χ1n) is 9.05. The summed E-state index contributed by atoms with van der Waals surface area (Å²) in [6.45, 7) is 5.75. The number of imidazole rings is 1. The van der Waals surface area contributed by atoms with Crippen molar-refractivity contribution in [1.29, 1.82) is 0 Å². The van der Waals surface area contributed by atoms with Gasteiger partial charge in [-0.3, -0.25) is 0 Å². The van der Waals surface area contributed by atoms with Gasteiger partial charge in [0.1, 0.15) is 11.4 Å². The molecule has 0 bridgehead atoms. The van der Waals surface area contributed by atoms with Crippen LogP contribution in [-0.4, -0.2) is 32.7 Å². The minimum absolute atomic E-state index is 0.375. The van der Waals surface area contributed by atoms with Gasteiger partial charge in [-0.25, -0.2) is 4.98 Å². The van der Waals surface area contributed by atoms with Gasteiger partial charge in [0.15, 0.2) is 11.0 Å². The molecule has 0 atom stereocenters. The molecule has 0 saturated heterocycles. The zero-order chi connectivity index (χ0) is 18.8. The van der Waals surface area contributed by atoms with Gasteiger partial charge in [0.2, 0.25) is 0 Å². The highest BCUT2D eigenvalue weighted by molar-refractivity contribution is 6.31. The molecule has 0 aliphatic rings. The van der Waals surface area contributed by atoms with Gasteiger partial charge in [0.25, 0.3) is 5.78 Å². The molecule has 27 heavy (non-hydrogen) atoms. The van der Waals surface area contributed by atoms with E-state index in [1.807, 2.05) is 60.7 Å². The standard InChI is InChI=1S/C21H20ClN5/c1-3-26(4-2)20-19(22)25-27-18(16-13-9-6-10-14-16)17(23-21(27)24-20)15-11-7-5-8-12-15/h5-14H,3-4H2,1-2H3. The van der Waals surface area contributed by atoms with Crippen LogP contribution in [0.4, 0.5) is 5.82 Å². The molecule has 136 valence electrons. The van der Waals surface area contributed by atoms with E-state index in [1.54, 1.807) is 4.52 Å². The van der Waals surface area contributed by atoms with Crippen LogP contribution in [0.3, 0.4) is 0 Å². The quantitative estimate of drug-likeness (QED) is 0.493. The van der Waals surface area contributed by atoms with Crippen LogP contribution in [0.5, 0.6) is 0 Å². The van der Waals surface area contributed by atoms with Crippen molar-refractivity contribution in [3.8, 4) is 22.5 Å². The zero-order valence-corrected chi connectivity index (χ0v) is 16.1. The van der Waals surface area contributed by atoms with Crippen molar-refractivity contribution < 1.29 is 0 Å². The monoisotopic (exact) mass is 377 g/mol. The van der Waals surface area contributed by atoms with Gasteiger partial charge in [-0.1, -0.05) is 72.3 Å². The van der Waals surface area contributed by atoms with E-state index < -0.39 is 0 Å². The molecular formula is C21H20ClN5. The van der Waals surface area contributed by atoms with E-state index in [0.29, 0.717) is 16.7 Å². The van der Waals surface area contributed by atoms with E-state index >= 15 is 0 Å². The second-order valence-corrected chi connectivity index (χ2v) is 6.51. The van der Waals surface area contributed by atoms with E-state index in [9.17, 15) is 0 Å². The third-order valence-electron chi connectivity index (χ3n) is 4.57. The average Bonchev–Trinajstić information content (AvgIpc) is 3.08. The fourth-order valence-corrected chi connectivity index (χ4v) is 3.46. The number of anilines is 1. The lowest BCUT2D eigenvalue weighted by atomic mass is 10.1. The first kappa shape index (κ1) is 17.5. The van der Waals surface area contributed by atoms with Crippen molar-refractivity contribution in [3.05, 3.63) is 65.8 Å². The Bertz CT molecular complexity index is 1060. The summed E-state index contributed by atoms with van der Waals surface area (Å²) in [5.41, 5.74) is 3.76. The third kappa shape index (κ3) is 3.15. The highest BCUT2D eigenvalue weighted by atomic mass is 35.5. The van der Waals surface area contributed by atoms with Crippen molar-refractivity contribution in [1.82, 2.24) is 19.6 Å². The molecule has 0 fully saturated rings. The van der Waals surface area contributed by atoms with E-state index in [4.69, 9.17) is 21.6 Å². The van der Waals surface area contributed by atoms with Gasteiger partial charge < -0.3 is 4.90 Å². The first-order chi connectivity index (χ1) is 13.2. The normalized spacial score (nSPS) is 11.1. The average molecular weight is 378 g/mol. The summed E-state index contributed by atoms with van der Waals surface area (Å²) in [7, 11) is 0. The van der Waals surface area contributed by atoms with Crippen molar-refractivity contribution in [3.63, 3.8) is 0 Å². The van der Waals surface area contributed by atoms with Crippen molar-refractivity contribution in [2.45, 2.75) is 13.8 Å². The lowest BCUT2D eigenvalue weighted by Crippen LogP contribution is -2.24. The Morgan fingerprint density at radius 3 is 2.04 bits per heavy atom. The Balaban J connectivity index is 2.01. The minimum atomic E-state index is 0.375. The second-order valence-electron chi connectivity index (χ2n) is 6.15. The predicted molar refractivity (Wildman–Crippen MR) is 110 cm³/mol. The number of halogens is 1. The molecule has 0 unspecified atom stereocenters. The number of benzene rings is 2. The largest absolute Gasteiger partial charge is 0.354 e. The molecule has 5 nitrogen and oxygen atoms in total. The van der Waals surface area contributed by atoms with Gasteiger partial charge in [0, 0.05) is 24.2 Å². The van der Waals surface area contributed by atoms with Gasteiger partial charge in [-0.05, 0) is 13.8 Å². The summed E-state index contributed by atoms with van der Waals surface area (Å²) >= 11 is 6.51. The van der Waals surface area contributed by atoms with Gasteiger partial charge >= 0.3 is 0 Å². The summed E-state index contributed by atoms with van der Waals surface area (Å²) in [6, 6.07) is 20.2. The smallest absolute Gasteiger partial charge is 0.253 e. The Labute approximate surface area is 163 Å². The van der Waals surface area contributed by atoms with Crippen LogP contribution in [0.25, 0.3) is 28.3 Å². The molecule has 0 radical (unpaired) electrons. The van der Waals surface area contributed by atoms with E-state index in [0.717, 1.165) is 35.6 Å². The molecule has 0 aliphatic heterocycles. The molecule has 0 saturated carbocycles. The maximum atomic E-state index is 6.51. The lowest BCUT2D eigenvalue weighted by Gasteiger charge is -2.20. The number of aromatic nitrogens is 4. The lowest BCUT2D eigenvalue weighted by molar-refractivity contribution is 0.817. The minimum Gasteiger partial charge on any atom is -0.354 e. The van der Waals surface area contributed by atoms with Crippen molar-refractivity contribution in [2.75, 3.05) is 18.0 Å². The first-order valence-corrected chi connectivity index (χ1v) is 9.42. The highest BCUT2D eigenvalue weighted by Gasteiger charge is 2.21. The predicted octanol–water partition coefficient (Wildman–Crippen LogP) is 4.96. The molecule has 0 spiro atoms. The van der Waals surface area contributed by atoms with Crippen molar-refractivity contribution in [2.24, 2.45) is 0 Å². The summed E-state index contributed by atoms with van der Waals surface area (Å²) in [6.07, 6.45) is 0. The van der Waals surface area contributed by atoms with Gasteiger partial charge in [-0.2, -0.15) is 9.50 Å². The molecule has 4 aromatic rings. The van der Waals surface area contributed by atoms with Crippen molar-refractivity contribution >= 4 is 23.2 Å². The molecule has 4 rings (SSSR count). The van der Waals surface area contributed by atoms with Gasteiger partial charge in [-0.15, -0.1) is 5.10 Å². The third-order valence-corrected chi connectivity index (χ3v) is 4.82. The van der Waals surface area contributed by atoms with Crippen LogP contribution in [-0.2, 0) is 0 Å². The Morgan fingerprint density at radius 1 is 0.852 bits per heavy atom. The fraction of sp³-hybridized carbons (Fsp3) is 0.190. The molecule has 2 heterocycles. The van der Waals surface area contributed by atoms with Crippen LogP contribution in [0.15, 0.2) is 60.7 Å². The number of hydrogen-bond donors (Lipinski definition) is 0. The Hall–Kier alpha value is -2.92. The SMILES string of the molecule is CCN(CC)c1nc2nc(-c3ccccc3)c(-c3ccccc3)n2nc1Cl. The highest BCUT2D eigenvalue weighted by Crippen LogP contribution is 2.33. The molecule has 0 amide bonds. The van der Waals surface area contributed by atoms with Crippen LogP contribution < -0.4 is 4.90 Å². The number of nitrogens with zero attached hydrogens (tertiary/aromatic N) is 5. The van der Waals surface area contributed by atoms with Crippen LogP contribution in [0.1, 0.15) is 13.8 Å². The Kier molecular flexibility index (Phi) is 4.77. The number of fused-ring (bicyclic) bond motifs is 1. The molecular weight excluding hydrogens is 358 g/mol. The molecule has 6 heteroatoms. The van der Waals surface area contributed by atoms with Gasteiger partial charge in [0.05, 0.1) is 0 Å². The van der Waals surface area contributed by atoms with E-state index in [-0.39, 0.29) is 0 Å². The topological polar surface area (TPSA) is 46.3 Å². The molecule has 0 aliphatic carbocycles. The number of rotatable bonds is 5. The number of hydrogen-bond acceptors (Lipinski definition) is 4. The van der Waals surface area contributed by atoms with E-state index in [1.165, 1.54) is 0 Å². The summed E-state index contributed by atoms with van der Waals surface area (Å²) in [5.74, 6) is 1.21. The summed E-state index contributed by atoms with van der Waals surface area (Å²) < 4.78 is 1.74. The molecule has 2 aromatic carbocycles. The summed E-state index contributed by atoms with van der Waals surface area (Å²) in [5, 5.41) is 5.01. The van der Waals surface area contributed by atoms with Crippen LogP contribution in [0.2, 0.25) is 5.15 Å². The maximum absolute atomic E-state index is 6.51. The molecule has 0 N–H and O–H groups in total. The summed E-state index contributed by atoms with van der Waals surface area (Å²) in [4.78, 5) is 11.6. The second kappa shape index (κ2) is 7.37. The maximum Gasteiger partial charge on any atom is 0.253 e. The van der Waals surface area contributed by atoms with E-state index in [2.05, 4.69) is 23.8 Å². The zero-order valence-electron chi connectivity index (χ0n) is 15.3. The molecule has 2 aromatic heterocycles. The van der Waals surface area contributed by atoms with Crippen LogP contribution >= 0.6 is 11.6 Å². The van der Waals surface area contributed by atoms with Crippen LogP contribution in [0, 0.1) is 0 Å². The fourth-order valence-electron chi connectivity index (χ4n) is 3.22. The Morgan fingerprint density at radius 2 is 1.44 bits per heavy atom.